The molecule has 2 aromatic carbocycles. The molecule has 27 heavy (non-hydrogen) atoms. The Balaban J connectivity index is 1.30. The third-order valence-electron chi connectivity index (χ3n) is 4.57. The summed E-state index contributed by atoms with van der Waals surface area (Å²) >= 11 is 0. The van der Waals surface area contributed by atoms with Gasteiger partial charge in [-0.15, -0.1) is 0 Å². The monoisotopic (exact) mass is 362 g/mol. The quantitative estimate of drug-likeness (QED) is 0.732. The highest BCUT2D eigenvalue weighted by atomic mass is 16.5. The molecule has 6 heteroatoms. The molecule has 3 aromatic rings. The zero-order valence-corrected chi connectivity index (χ0v) is 15.0. The van der Waals surface area contributed by atoms with Gasteiger partial charge in [0, 0.05) is 25.2 Å². The molecule has 0 atom stereocenters. The minimum Gasteiger partial charge on any atom is -0.445 e. The maximum atomic E-state index is 11.8. The van der Waals surface area contributed by atoms with Crippen molar-refractivity contribution in [2.75, 3.05) is 6.54 Å². The molecule has 4 rings (SSSR count). The highest BCUT2D eigenvalue weighted by molar-refractivity contribution is 5.67. The third-order valence-corrected chi connectivity index (χ3v) is 4.57. The van der Waals surface area contributed by atoms with E-state index < -0.39 is 6.09 Å². The van der Waals surface area contributed by atoms with E-state index in [1.165, 1.54) is 5.69 Å². The number of nitrogens with zero attached hydrogens (tertiary/aromatic N) is 2. The van der Waals surface area contributed by atoms with Gasteiger partial charge < -0.3 is 15.4 Å². The van der Waals surface area contributed by atoms with Gasteiger partial charge in [-0.2, -0.15) is 5.10 Å². The SMILES string of the molecule is O=C(NCc1ccc(-c2cc3n(n2)CCNC3)cc1)OCc1ccccc1. The van der Waals surface area contributed by atoms with Gasteiger partial charge in [0.2, 0.25) is 0 Å². The number of aromatic nitrogens is 2. The fraction of sp³-hybridized carbons (Fsp3) is 0.238. The Hall–Kier alpha value is -3.12. The van der Waals surface area contributed by atoms with Crippen molar-refractivity contribution in [2.45, 2.75) is 26.2 Å². The van der Waals surface area contributed by atoms with Gasteiger partial charge in [-0.3, -0.25) is 4.68 Å². The average Bonchev–Trinajstić information content (AvgIpc) is 3.16. The van der Waals surface area contributed by atoms with Crippen LogP contribution < -0.4 is 10.6 Å². The van der Waals surface area contributed by atoms with E-state index in [4.69, 9.17) is 4.74 Å². The maximum absolute atomic E-state index is 11.8. The standard InChI is InChI=1S/C21H22N4O2/c26-21(27-15-17-4-2-1-3-5-17)23-13-16-6-8-18(9-7-16)20-12-19-14-22-10-11-25(19)24-20/h1-9,12,22H,10-11,13-15H2,(H,23,26). The molecule has 0 aliphatic carbocycles. The number of carbonyl (C=O) groups excluding carboxylic acids is 1. The van der Waals surface area contributed by atoms with Crippen molar-refractivity contribution in [3.63, 3.8) is 0 Å². The molecule has 1 amide bonds. The Labute approximate surface area is 158 Å². The molecule has 2 N–H and O–H groups in total. The molecule has 0 unspecified atom stereocenters. The first-order valence-electron chi connectivity index (χ1n) is 9.09. The summed E-state index contributed by atoms with van der Waals surface area (Å²) in [5.41, 5.74) is 5.25. The van der Waals surface area contributed by atoms with Crippen LogP contribution in [-0.4, -0.2) is 22.4 Å². The van der Waals surface area contributed by atoms with Gasteiger partial charge in [0.1, 0.15) is 6.61 Å². The smallest absolute Gasteiger partial charge is 0.407 e. The normalized spacial score (nSPS) is 13.0. The van der Waals surface area contributed by atoms with E-state index >= 15 is 0 Å². The second kappa shape index (κ2) is 8.05. The molecule has 6 nitrogen and oxygen atoms in total. The fourth-order valence-corrected chi connectivity index (χ4v) is 3.08. The molecule has 0 spiro atoms. The second-order valence-electron chi connectivity index (χ2n) is 6.53. The molecule has 0 radical (unpaired) electrons. The lowest BCUT2D eigenvalue weighted by molar-refractivity contribution is 0.139. The van der Waals surface area contributed by atoms with Gasteiger partial charge in [0.25, 0.3) is 0 Å². The number of ether oxygens (including phenoxy) is 1. The average molecular weight is 362 g/mol. The minimum absolute atomic E-state index is 0.269. The Morgan fingerprint density at radius 3 is 2.70 bits per heavy atom. The largest absolute Gasteiger partial charge is 0.445 e. The lowest BCUT2D eigenvalue weighted by Gasteiger charge is -2.13. The van der Waals surface area contributed by atoms with Crippen molar-refractivity contribution in [1.29, 1.82) is 0 Å². The molecule has 0 saturated carbocycles. The summed E-state index contributed by atoms with van der Waals surface area (Å²) in [6.07, 6.45) is -0.419. The molecule has 0 fully saturated rings. The van der Waals surface area contributed by atoms with Crippen LogP contribution in [0.15, 0.2) is 60.7 Å². The van der Waals surface area contributed by atoms with Gasteiger partial charge in [0.05, 0.1) is 17.9 Å². The number of carbonyl (C=O) groups is 1. The predicted octanol–water partition coefficient (Wildman–Crippen LogP) is 3.08. The Kier molecular flexibility index (Phi) is 5.16. The van der Waals surface area contributed by atoms with E-state index in [0.717, 1.165) is 42.0 Å². The third kappa shape index (κ3) is 4.35. The molecule has 138 valence electrons. The summed E-state index contributed by atoms with van der Waals surface area (Å²) in [4.78, 5) is 11.8. The van der Waals surface area contributed by atoms with E-state index in [-0.39, 0.29) is 6.61 Å². The topological polar surface area (TPSA) is 68.2 Å². The van der Waals surface area contributed by atoms with E-state index in [0.29, 0.717) is 6.54 Å². The first kappa shape index (κ1) is 17.3. The van der Waals surface area contributed by atoms with Gasteiger partial charge in [-0.05, 0) is 17.2 Å². The van der Waals surface area contributed by atoms with Crippen LogP contribution in [0.25, 0.3) is 11.3 Å². The number of benzene rings is 2. The summed E-state index contributed by atoms with van der Waals surface area (Å²) in [7, 11) is 0. The Bertz CT molecular complexity index is 880. The van der Waals surface area contributed by atoms with Crippen LogP contribution in [0.1, 0.15) is 16.8 Å². The van der Waals surface area contributed by atoms with E-state index in [1.54, 1.807) is 0 Å². The maximum Gasteiger partial charge on any atom is 0.407 e. The van der Waals surface area contributed by atoms with E-state index in [9.17, 15) is 4.79 Å². The van der Waals surface area contributed by atoms with Crippen molar-refractivity contribution < 1.29 is 9.53 Å². The van der Waals surface area contributed by atoms with Crippen LogP contribution in [0.4, 0.5) is 4.79 Å². The van der Waals surface area contributed by atoms with Crippen LogP contribution >= 0.6 is 0 Å². The molecule has 1 aromatic heterocycles. The minimum atomic E-state index is -0.419. The second-order valence-corrected chi connectivity index (χ2v) is 6.53. The highest BCUT2D eigenvalue weighted by Gasteiger charge is 2.12. The Morgan fingerprint density at radius 1 is 1.11 bits per heavy atom. The summed E-state index contributed by atoms with van der Waals surface area (Å²) in [5, 5.41) is 10.8. The number of fused-ring (bicyclic) bond motifs is 1. The summed E-state index contributed by atoms with van der Waals surface area (Å²) in [5.74, 6) is 0. The first-order valence-corrected chi connectivity index (χ1v) is 9.09. The molecule has 2 heterocycles. The molecular weight excluding hydrogens is 340 g/mol. The lowest BCUT2D eigenvalue weighted by atomic mass is 10.1. The van der Waals surface area contributed by atoms with E-state index in [2.05, 4.69) is 26.5 Å². The van der Waals surface area contributed by atoms with Crippen LogP contribution in [0.2, 0.25) is 0 Å². The zero-order valence-electron chi connectivity index (χ0n) is 15.0. The van der Waals surface area contributed by atoms with Gasteiger partial charge in [0.15, 0.2) is 0 Å². The number of hydrogen-bond donors (Lipinski definition) is 2. The van der Waals surface area contributed by atoms with Crippen LogP contribution in [0.3, 0.4) is 0 Å². The summed E-state index contributed by atoms with van der Waals surface area (Å²) < 4.78 is 7.28. The van der Waals surface area contributed by atoms with Crippen LogP contribution in [-0.2, 0) is 31.0 Å². The molecule has 1 aliphatic rings. The summed E-state index contributed by atoms with van der Waals surface area (Å²) in [6, 6.07) is 19.8. The van der Waals surface area contributed by atoms with Gasteiger partial charge in [-0.25, -0.2) is 4.79 Å². The number of rotatable bonds is 5. The number of nitrogens with one attached hydrogen (secondary N) is 2. The number of alkyl carbamates (subject to hydrolysis) is 1. The zero-order chi connectivity index (χ0) is 18.5. The highest BCUT2D eigenvalue weighted by Crippen LogP contribution is 2.21. The number of hydrogen-bond acceptors (Lipinski definition) is 4. The van der Waals surface area contributed by atoms with Crippen molar-refractivity contribution in [2.24, 2.45) is 0 Å². The van der Waals surface area contributed by atoms with Crippen LogP contribution in [0.5, 0.6) is 0 Å². The first-order chi connectivity index (χ1) is 13.3. The Morgan fingerprint density at radius 2 is 1.93 bits per heavy atom. The van der Waals surface area contributed by atoms with E-state index in [1.807, 2.05) is 54.6 Å². The van der Waals surface area contributed by atoms with Gasteiger partial charge >= 0.3 is 6.09 Å². The number of amides is 1. The van der Waals surface area contributed by atoms with Crippen molar-refractivity contribution >= 4 is 6.09 Å². The van der Waals surface area contributed by atoms with Crippen molar-refractivity contribution in [1.82, 2.24) is 20.4 Å². The molecule has 1 aliphatic heterocycles. The van der Waals surface area contributed by atoms with Crippen LogP contribution in [0, 0.1) is 0 Å². The lowest BCUT2D eigenvalue weighted by Crippen LogP contribution is -2.28. The molecular formula is C21H22N4O2. The van der Waals surface area contributed by atoms with Crippen molar-refractivity contribution in [3.8, 4) is 11.3 Å². The predicted molar refractivity (Wildman–Crippen MR) is 103 cm³/mol. The van der Waals surface area contributed by atoms with Crippen molar-refractivity contribution in [3.05, 3.63) is 77.5 Å². The molecule has 0 saturated heterocycles. The summed E-state index contributed by atoms with van der Waals surface area (Å²) in [6.45, 7) is 3.42. The fourth-order valence-electron chi connectivity index (χ4n) is 3.08. The van der Waals surface area contributed by atoms with Gasteiger partial charge in [-0.1, -0.05) is 54.6 Å². The molecule has 0 bridgehead atoms.